The lowest BCUT2D eigenvalue weighted by atomic mass is 10.0. The molecule has 164 valence electrons. The molecule has 0 fully saturated rings. The first-order valence-electron chi connectivity index (χ1n) is 10.5. The number of unbranched alkanes of at least 4 members (excludes halogenated alkanes) is 2. The Labute approximate surface area is 180 Å². The lowest BCUT2D eigenvalue weighted by molar-refractivity contribution is -0.143. The van der Waals surface area contributed by atoms with E-state index in [0.717, 1.165) is 30.4 Å². The van der Waals surface area contributed by atoms with E-state index in [4.69, 9.17) is 4.74 Å². The van der Waals surface area contributed by atoms with Crippen molar-refractivity contribution in [1.82, 2.24) is 10.3 Å². The number of carbonyl (C=O) groups is 1. The summed E-state index contributed by atoms with van der Waals surface area (Å²) in [5, 5.41) is 0. The third-order valence-electron chi connectivity index (χ3n) is 4.79. The maximum atomic E-state index is 12.6. The molecule has 0 saturated carbocycles. The van der Waals surface area contributed by atoms with Gasteiger partial charge in [0.25, 0.3) is 10.0 Å². The monoisotopic (exact) mass is 432 g/mol. The maximum absolute atomic E-state index is 12.6. The molecule has 2 aromatic carbocycles. The summed E-state index contributed by atoms with van der Waals surface area (Å²) in [6, 6.07) is 16.0. The normalized spacial score (nSPS) is 12.5. The van der Waals surface area contributed by atoms with Gasteiger partial charge in [-0.2, -0.15) is 0 Å². The molecule has 0 radical (unpaired) electrons. The van der Waals surface area contributed by atoms with Crippen LogP contribution in [0.5, 0.6) is 0 Å². The lowest BCUT2D eigenvalue weighted by Gasteiger charge is -2.20. The van der Waals surface area contributed by atoms with Gasteiger partial charge in [0.1, 0.15) is 0 Å². The van der Waals surface area contributed by atoms with Gasteiger partial charge in [-0.3, -0.25) is 4.79 Å². The fraction of sp³-hybridized carbons (Fsp3) is 0.435. The molecular formula is C23H32N2O4S. The highest BCUT2D eigenvalue weighted by molar-refractivity contribution is 7.89. The van der Waals surface area contributed by atoms with Crippen LogP contribution >= 0.6 is 0 Å². The third kappa shape index (κ3) is 8.26. The van der Waals surface area contributed by atoms with Crippen LogP contribution in [0.15, 0.2) is 59.5 Å². The molecule has 0 aliphatic carbocycles. The summed E-state index contributed by atoms with van der Waals surface area (Å²) in [7, 11) is -3.69. The first kappa shape index (κ1) is 24.1. The lowest BCUT2D eigenvalue weighted by Crippen LogP contribution is -2.40. The van der Waals surface area contributed by atoms with Crippen LogP contribution in [0.3, 0.4) is 0 Å². The molecule has 2 aromatic rings. The van der Waals surface area contributed by atoms with Crippen LogP contribution in [0.2, 0.25) is 0 Å². The number of esters is 1. The molecule has 2 rings (SSSR count). The van der Waals surface area contributed by atoms with Crippen LogP contribution in [-0.2, 0) is 19.6 Å². The molecule has 0 bridgehead atoms. The SMILES string of the molecule is CCCCCOC(=O)CCCC(NNS(=O)(=O)c1ccc(C)cc1)c1ccccc1. The number of sulfonamides is 1. The van der Waals surface area contributed by atoms with E-state index in [-0.39, 0.29) is 16.9 Å². The zero-order valence-electron chi connectivity index (χ0n) is 17.8. The van der Waals surface area contributed by atoms with Crippen molar-refractivity contribution in [2.24, 2.45) is 0 Å². The average molecular weight is 433 g/mol. The van der Waals surface area contributed by atoms with E-state index in [1.54, 1.807) is 24.3 Å². The molecule has 2 N–H and O–H groups in total. The highest BCUT2D eigenvalue weighted by Gasteiger charge is 2.18. The minimum Gasteiger partial charge on any atom is -0.466 e. The maximum Gasteiger partial charge on any atom is 0.305 e. The number of hydrazine groups is 1. The second-order valence-electron chi connectivity index (χ2n) is 7.35. The van der Waals surface area contributed by atoms with E-state index in [2.05, 4.69) is 17.2 Å². The second-order valence-corrected chi connectivity index (χ2v) is 9.03. The number of rotatable bonds is 13. The molecule has 1 atom stereocenters. The topological polar surface area (TPSA) is 84.5 Å². The first-order chi connectivity index (χ1) is 14.4. The van der Waals surface area contributed by atoms with Crippen LogP contribution in [0.1, 0.15) is 62.6 Å². The van der Waals surface area contributed by atoms with Crippen molar-refractivity contribution in [3.63, 3.8) is 0 Å². The van der Waals surface area contributed by atoms with Gasteiger partial charge >= 0.3 is 5.97 Å². The smallest absolute Gasteiger partial charge is 0.305 e. The first-order valence-corrected chi connectivity index (χ1v) is 11.9. The van der Waals surface area contributed by atoms with Gasteiger partial charge in [0.2, 0.25) is 0 Å². The molecule has 0 amide bonds. The quantitative estimate of drug-likeness (QED) is 0.278. The van der Waals surface area contributed by atoms with Crippen molar-refractivity contribution in [3.8, 4) is 0 Å². The third-order valence-corrected chi connectivity index (χ3v) is 6.06. The number of aryl methyl sites for hydroxylation is 1. The Morgan fingerprint density at radius 1 is 1.00 bits per heavy atom. The van der Waals surface area contributed by atoms with E-state index >= 15 is 0 Å². The number of benzene rings is 2. The Bertz CT molecular complexity index is 868. The molecular weight excluding hydrogens is 400 g/mol. The van der Waals surface area contributed by atoms with E-state index in [1.165, 1.54) is 0 Å². The minimum absolute atomic E-state index is 0.197. The summed E-state index contributed by atoms with van der Waals surface area (Å²) in [5.41, 5.74) is 4.87. The Balaban J connectivity index is 1.92. The van der Waals surface area contributed by atoms with Gasteiger partial charge in [-0.15, -0.1) is 4.83 Å². The van der Waals surface area contributed by atoms with Crippen LogP contribution in [0, 0.1) is 6.92 Å². The van der Waals surface area contributed by atoms with Crippen LogP contribution in [0.4, 0.5) is 0 Å². The molecule has 0 spiro atoms. The summed E-state index contributed by atoms with van der Waals surface area (Å²) in [5.74, 6) is -0.210. The predicted octanol–water partition coefficient (Wildman–Crippen LogP) is 4.42. The van der Waals surface area contributed by atoms with Crippen molar-refractivity contribution < 1.29 is 17.9 Å². The molecule has 7 heteroatoms. The molecule has 1 unspecified atom stereocenters. The predicted molar refractivity (Wildman–Crippen MR) is 118 cm³/mol. The highest BCUT2D eigenvalue weighted by atomic mass is 32.2. The van der Waals surface area contributed by atoms with Crippen LogP contribution in [-0.4, -0.2) is 21.0 Å². The van der Waals surface area contributed by atoms with Crippen molar-refractivity contribution in [3.05, 3.63) is 65.7 Å². The van der Waals surface area contributed by atoms with Crippen molar-refractivity contribution in [2.75, 3.05) is 6.61 Å². The Morgan fingerprint density at radius 2 is 1.70 bits per heavy atom. The van der Waals surface area contributed by atoms with E-state index in [9.17, 15) is 13.2 Å². The summed E-state index contributed by atoms with van der Waals surface area (Å²) in [4.78, 5) is 14.6. The molecule has 0 aliphatic rings. The van der Waals surface area contributed by atoms with Gasteiger partial charge in [0.15, 0.2) is 0 Å². The van der Waals surface area contributed by atoms with E-state index in [0.29, 0.717) is 25.9 Å². The fourth-order valence-corrected chi connectivity index (χ4v) is 3.90. The Kier molecular flexibility index (Phi) is 10.00. The molecule has 0 aromatic heterocycles. The Hall–Kier alpha value is -2.22. The van der Waals surface area contributed by atoms with Gasteiger partial charge < -0.3 is 4.74 Å². The standard InChI is InChI=1S/C23H32N2O4S/c1-3-4-8-18-29-23(26)13-9-12-22(20-10-6-5-7-11-20)24-25-30(27,28)21-16-14-19(2)15-17-21/h5-7,10-11,14-17,22,24-25H,3-4,8-9,12-13,18H2,1-2H3. The molecule has 6 nitrogen and oxygen atoms in total. The number of ether oxygens (including phenoxy) is 1. The Morgan fingerprint density at radius 3 is 2.37 bits per heavy atom. The number of hydrogen-bond acceptors (Lipinski definition) is 5. The zero-order chi connectivity index (χ0) is 21.8. The molecule has 30 heavy (non-hydrogen) atoms. The van der Waals surface area contributed by atoms with Crippen LogP contribution in [0.25, 0.3) is 0 Å². The van der Waals surface area contributed by atoms with Crippen molar-refractivity contribution >= 4 is 16.0 Å². The summed E-state index contributed by atoms with van der Waals surface area (Å²) >= 11 is 0. The highest BCUT2D eigenvalue weighted by Crippen LogP contribution is 2.19. The van der Waals surface area contributed by atoms with Crippen LogP contribution < -0.4 is 10.3 Å². The summed E-state index contributed by atoms with van der Waals surface area (Å²) in [6.45, 7) is 4.47. The number of nitrogens with one attached hydrogen (secondary N) is 2. The van der Waals surface area contributed by atoms with E-state index in [1.807, 2.05) is 37.3 Å². The molecule has 0 aliphatic heterocycles. The van der Waals surface area contributed by atoms with Gasteiger partial charge in [0, 0.05) is 12.5 Å². The van der Waals surface area contributed by atoms with Gasteiger partial charge in [-0.1, -0.05) is 67.8 Å². The van der Waals surface area contributed by atoms with Gasteiger partial charge in [-0.25, -0.2) is 13.8 Å². The zero-order valence-corrected chi connectivity index (χ0v) is 18.6. The number of carbonyl (C=O) groups excluding carboxylic acids is 1. The second kappa shape index (κ2) is 12.5. The number of hydrogen-bond donors (Lipinski definition) is 2. The molecule has 0 saturated heterocycles. The van der Waals surface area contributed by atoms with E-state index < -0.39 is 10.0 Å². The minimum atomic E-state index is -3.69. The van der Waals surface area contributed by atoms with Crippen molar-refractivity contribution in [2.45, 2.75) is 63.3 Å². The fourth-order valence-electron chi connectivity index (χ4n) is 2.99. The average Bonchev–Trinajstić information content (AvgIpc) is 2.74. The largest absolute Gasteiger partial charge is 0.466 e. The summed E-state index contributed by atoms with van der Waals surface area (Å²) in [6.07, 6.45) is 4.50. The van der Waals surface area contributed by atoms with Crippen molar-refractivity contribution in [1.29, 1.82) is 0 Å². The van der Waals surface area contributed by atoms with Gasteiger partial charge in [0.05, 0.1) is 11.5 Å². The summed E-state index contributed by atoms with van der Waals surface area (Å²) < 4.78 is 30.4. The van der Waals surface area contributed by atoms with Gasteiger partial charge in [-0.05, 0) is 43.9 Å². The molecule has 0 heterocycles.